The largest absolute Gasteiger partial charge is 0.162 e. The minimum Gasteiger partial charge on any atom is -0.162 e. The van der Waals surface area contributed by atoms with Crippen molar-refractivity contribution in [3.05, 3.63) is 0 Å². The zero-order valence-electron chi connectivity index (χ0n) is 8.48. The summed E-state index contributed by atoms with van der Waals surface area (Å²) in [6.07, 6.45) is 2.58. The maximum absolute atomic E-state index is 5.88. The van der Waals surface area contributed by atoms with E-state index in [1.807, 2.05) is 11.8 Å². The number of rotatable bonds is 7. The molecule has 0 aliphatic carbocycles. The maximum Gasteiger partial charge on any atom is 0.0252 e. The summed E-state index contributed by atoms with van der Waals surface area (Å²) >= 11 is 7.90. The summed E-state index contributed by atoms with van der Waals surface area (Å²) in [6.45, 7) is 6.75. The third kappa shape index (κ3) is 7.30. The van der Waals surface area contributed by atoms with Crippen molar-refractivity contribution in [2.75, 3.05) is 17.4 Å². The van der Waals surface area contributed by atoms with E-state index in [0.717, 1.165) is 17.7 Å². The molecule has 0 N–H and O–H groups in total. The van der Waals surface area contributed by atoms with Crippen LogP contribution in [0.25, 0.3) is 0 Å². The van der Waals surface area contributed by atoms with Gasteiger partial charge in [-0.05, 0) is 36.2 Å². The Labute approximate surface area is 86.5 Å². The van der Waals surface area contributed by atoms with Gasteiger partial charge in [-0.25, -0.2) is 0 Å². The SMILES string of the molecule is CCSCCC(CCl)CC(C)C. The molecule has 0 aliphatic rings. The predicted octanol–water partition coefficient (Wildman–Crippen LogP) is 4.03. The first-order chi connectivity index (χ1) is 5.70. The molecule has 0 spiro atoms. The highest BCUT2D eigenvalue weighted by Crippen LogP contribution is 2.19. The van der Waals surface area contributed by atoms with Gasteiger partial charge in [0.2, 0.25) is 0 Å². The van der Waals surface area contributed by atoms with E-state index in [9.17, 15) is 0 Å². The Morgan fingerprint density at radius 2 is 2.00 bits per heavy atom. The fourth-order valence-electron chi connectivity index (χ4n) is 1.32. The van der Waals surface area contributed by atoms with Gasteiger partial charge in [0.1, 0.15) is 0 Å². The van der Waals surface area contributed by atoms with Crippen LogP contribution in [0.3, 0.4) is 0 Å². The molecular weight excluding hydrogens is 188 g/mol. The van der Waals surface area contributed by atoms with Gasteiger partial charge in [-0.2, -0.15) is 11.8 Å². The molecule has 2 heteroatoms. The van der Waals surface area contributed by atoms with Gasteiger partial charge in [-0.15, -0.1) is 11.6 Å². The lowest BCUT2D eigenvalue weighted by molar-refractivity contribution is 0.435. The van der Waals surface area contributed by atoms with Crippen LogP contribution < -0.4 is 0 Å². The molecule has 0 aliphatic heterocycles. The Balaban J connectivity index is 3.39. The highest BCUT2D eigenvalue weighted by Gasteiger charge is 2.08. The first-order valence-electron chi connectivity index (χ1n) is 4.84. The molecule has 0 aromatic carbocycles. The number of halogens is 1. The van der Waals surface area contributed by atoms with Crippen molar-refractivity contribution in [2.24, 2.45) is 11.8 Å². The van der Waals surface area contributed by atoms with Gasteiger partial charge in [0, 0.05) is 5.88 Å². The van der Waals surface area contributed by atoms with E-state index in [2.05, 4.69) is 20.8 Å². The van der Waals surface area contributed by atoms with Crippen molar-refractivity contribution in [3.8, 4) is 0 Å². The van der Waals surface area contributed by atoms with Crippen LogP contribution >= 0.6 is 23.4 Å². The Morgan fingerprint density at radius 1 is 1.33 bits per heavy atom. The zero-order chi connectivity index (χ0) is 9.40. The number of alkyl halides is 1. The summed E-state index contributed by atoms with van der Waals surface area (Å²) in [4.78, 5) is 0. The van der Waals surface area contributed by atoms with Crippen LogP contribution in [0.2, 0.25) is 0 Å². The molecule has 0 rings (SSSR count). The van der Waals surface area contributed by atoms with E-state index < -0.39 is 0 Å². The molecule has 0 fully saturated rings. The molecule has 12 heavy (non-hydrogen) atoms. The minimum atomic E-state index is 0.741. The Hall–Kier alpha value is 0.640. The topological polar surface area (TPSA) is 0 Å². The lowest BCUT2D eigenvalue weighted by Gasteiger charge is -2.15. The van der Waals surface area contributed by atoms with Crippen LogP contribution in [0.1, 0.15) is 33.6 Å². The van der Waals surface area contributed by atoms with Crippen molar-refractivity contribution >= 4 is 23.4 Å². The van der Waals surface area contributed by atoms with Gasteiger partial charge >= 0.3 is 0 Å². The Bertz CT molecular complexity index is 93.8. The summed E-state index contributed by atoms with van der Waals surface area (Å²) in [5.74, 6) is 4.88. The van der Waals surface area contributed by atoms with Crippen LogP contribution in [0.5, 0.6) is 0 Å². The first-order valence-corrected chi connectivity index (χ1v) is 6.53. The maximum atomic E-state index is 5.88. The van der Waals surface area contributed by atoms with Crippen molar-refractivity contribution in [3.63, 3.8) is 0 Å². The molecular formula is C10H21ClS. The highest BCUT2D eigenvalue weighted by atomic mass is 35.5. The van der Waals surface area contributed by atoms with Crippen molar-refractivity contribution in [2.45, 2.75) is 33.6 Å². The molecule has 1 unspecified atom stereocenters. The normalized spacial score (nSPS) is 13.8. The number of thioether (sulfide) groups is 1. The third-order valence-corrected chi connectivity index (χ3v) is 3.27. The first kappa shape index (κ1) is 12.6. The van der Waals surface area contributed by atoms with E-state index in [-0.39, 0.29) is 0 Å². The predicted molar refractivity (Wildman–Crippen MR) is 61.3 cm³/mol. The second-order valence-electron chi connectivity index (χ2n) is 3.64. The lowest BCUT2D eigenvalue weighted by Crippen LogP contribution is -2.07. The summed E-state index contributed by atoms with van der Waals surface area (Å²) in [5, 5.41) is 0. The van der Waals surface area contributed by atoms with Crippen LogP contribution in [-0.2, 0) is 0 Å². The van der Waals surface area contributed by atoms with Crippen LogP contribution in [-0.4, -0.2) is 17.4 Å². The molecule has 0 aromatic rings. The van der Waals surface area contributed by atoms with Gasteiger partial charge < -0.3 is 0 Å². The number of hydrogen-bond donors (Lipinski definition) is 0. The molecule has 0 radical (unpaired) electrons. The molecule has 74 valence electrons. The molecule has 0 heterocycles. The van der Waals surface area contributed by atoms with E-state index >= 15 is 0 Å². The second-order valence-corrected chi connectivity index (χ2v) is 5.34. The lowest BCUT2D eigenvalue weighted by atomic mass is 9.97. The second kappa shape index (κ2) is 8.25. The van der Waals surface area contributed by atoms with Gasteiger partial charge in [-0.1, -0.05) is 20.8 Å². The molecule has 0 saturated heterocycles. The summed E-state index contributed by atoms with van der Waals surface area (Å²) in [6, 6.07) is 0. The molecule has 0 saturated carbocycles. The summed E-state index contributed by atoms with van der Waals surface area (Å²) in [7, 11) is 0. The Morgan fingerprint density at radius 3 is 2.42 bits per heavy atom. The highest BCUT2D eigenvalue weighted by molar-refractivity contribution is 7.99. The zero-order valence-corrected chi connectivity index (χ0v) is 10.0. The molecule has 0 nitrogen and oxygen atoms in total. The standard InChI is InChI=1S/C10H21ClS/c1-4-12-6-5-10(8-11)7-9(2)3/h9-10H,4-8H2,1-3H3. The molecule has 0 amide bonds. The van der Waals surface area contributed by atoms with Gasteiger partial charge in [0.25, 0.3) is 0 Å². The number of hydrogen-bond acceptors (Lipinski definition) is 1. The van der Waals surface area contributed by atoms with E-state index in [1.54, 1.807) is 0 Å². The minimum absolute atomic E-state index is 0.741. The van der Waals surface area contributed by atoms with Crippen molar-refractivity contribution in [1.29, 1.82) is 0 Å². The van der Waals surface area contributed by atoms with Crippen LogP contribution in [0.4, 0.5) is 0 Å². The fourth-order valence-corrected chi connectivity index (χ4v) is 2.39. The van der Waals surface area contributed by atoms with E-state index in [0.29, 0.717) is 0 Å². The van der Waals surface area contributed by atoms with Crippen LogP contribution in [0, 0.1) is 11.8 Å². The molecule has 1 atom stereocenters. The molecule has 0 bridgehead atoms. The quantitative estimate of drug-likeness (QED) is 0.450. The molecule has 0 aromatic heterocycles. The fraction of sp³-hybridized carbons (Fsp3) is 1.00. The average molecular weight is 209 g/mol. The third-order valence-electron chi connectivity index (χ3n) is 1.90. The monoisotopic (exact) mass is 208 g/mol. The van der Waals surface area contributed by atoms with Crippen molar-refractivity contribution < 1.29 is 0 Å². The van der Waals surface area contributed by atoms with Gasteiger partial charge in [-0.3, -0.25) is 0 Å². The van der Waals surface area contributed by atoms with E-state index in [4.69, 9.17) is 11.6 Å². The van der Waals surface area contributed by atoms with Crippen LogP contribution in [0.15, 0.2) is 0 Å². The Kier molecular flexibility index (Phi) is 8.69. The summed E-state index contributed by atoms with van der Waals surface area (Å²) in [5.41, 5.74) is 0. The van der Waals surface area contributed by atoms with Crippen molar-refractivity contribution in [1.82, 2.24) is 0 Å². The van der Waals surface area contributed by atoms with E-state index in [1.165, 1.54) is 24.3 Å². The summed E-state index contributed by atoms with van der Waals surface area (Å²) < 4.78 is 0. The van der Waals surface area contributed by atoms with Gasteiger partial charge in [0.05, 0.1) is 0 Å². The average Bonchev–Trinajstić information content (AvgIpc) is 2.02. The smallest absolute Gasteiger partial charge is 0.0252 e. The van der Waals surface area contributed by atoms with Gasteiger partial charge in [0.15, 0.2) is 0 Å².